The van der Waals surface area contributed by atoms with Crippen LogP contribution in [0.3, 0.4) is 0 Å². The standard InChI is InChI=1S/C19H16N4O4S/c20-9-13-5-7-14(8-6-13)27-11-18(25)23-22-17(24)10-26-12-19-21-15-3-1-2-4-16(15)28-19/h1-8H,10-12H2,(H,22,24)(H,23,25). The van der Waals surface area contributed by atoms with Gasteiger partial charge in [0.1, 0.15) is 17.4 Å². The van der Waals surface area contributed by atoms with Crippen molar-refractivity contribution in [3.05, 3.63) is 59.1 Å². The van der Waals surface area contributed by atoms with Gasteiger partial charge in [0.15, 0.2) is 6.61 Å². The third kappa shape index (κ3) is 5.51. The van der Waals surface area contributed by atoms with Gasteiger partial charge in [0.2, 0.25) is 0 Å². The lowest BCUT2D eigenvalue weighted by Crippen LogP contribution is -2.45. The van der Waals surface area contributed by atoms with E-state index in [9.17, 15) is 9.59 Å². The normalized spacial score (nSPS) is 10.2. The number of nitrogens with zero attached hydrogens (tertiary/aromatic N) is 2. The molecule has 3 rings (SSSR count). The molecule has 9 heteroatoms. The predicted molar refractivity (Wildman–Crippen MR) is 102 cm³/mol. The van der Waals surface area contributed by atoms with Gasteiger partial charge in [-0.25, -0.2) is 4.98 Å². The number of thiazole rings is 1. The molecule has 0 aliphatic carbocycles. The van der Waals surface area contributed by atoms with Gasteiger partial charge < -0.3 is 9.47 Å². The van der Waals surface area contributed by atoms with Crippen LogP contribution in [-0.2, 0) is 20.9 Å². The van der Waals surface area contributed by atoms with Crippen LogP contribution in [-0.4, -0.2) is 30.0 Å². The maximum absolute atomic E-state index is 11.7. The zero-order valence-electron chi connectivity index (χ0n) is 14.7. The largest absolute Gasteiger partial charge is 0.484 e. The minimum absolute atomic E-state index is 0.211. The minimum atomic E-state index is -0.524. The second kappa shape index (κ2) is 9.45. The average Bonchev–Trinajstić information content (AvgIpc) is 3.14. The first kappa shape index (κ1) is 19.3. The van der Waals surface area contributed by atoms with Crippen molar-refractivity contribution in [1.82, 2.24) is 15.8 Å². The lowest BCUT2D eigenvalue weighted by Gasteiger charge is -2.09. The highest BCUT2D eigenvalue weighted by Gasteiger charge is 2.08. The molecule has 1 aromatic heterocycles. The predicted octanol–water partition coefficient (Wildman–Crippen LogP) is 1.91. The van der Waals surface area contributed by atoms with Gasteiger partial charge in [0.25, 0.3) is 11.8 Å². The number of amides is 2. The molecule has 142 valence electrons. The van der Waals surface area contributed by atoms with Crippen molar-refractivity contribution < 1.29 is 19.1 Å². The van der Waals surface area contributed by atoms with E-state index >= 15 is 0 Å². The molecule has 2 amide bonds. The van der Waals surface area contributed by atoms with Crippen LogP contribution in [0.15, 0.2) is 48.5 Å². The number of ether oxygens (including phenoxy) is 2. The summed E-state index contributed by atoms with van der Waals surface area (Å²) in [6.07, 6.45) is 0. The van der Waals surface area contributed by atoms with Crippen molar-refractivity contribution in [2.24, 2.45) is 0 Å². The van der Waals surface area contributed by atoms with E-state index in [4.69, 9.17) is 14.7 Å². The summed E-state index contributed by atoms with van der Waals surface area (Å²) in [5.41, 5.74) is 5.87. The Labute approximate surface area is 164 Å². The van der Waals surface area contributed by atoms with Gasteiger partial charge in [0.05, 0.1) is 28.5 Å². The minimum Gasteiger partial charge on any atom is -0.484 e. The van der Waals surface area contributed by atoms with E-state index in [1.165, 1.54) is 11.3 Å². The molecule has 0 unspecified atom stereocenters. The lowest BCUT2D eigenvalue weighted by atomic mass is 10.2. The van der Waals surface area contributed by atoms with E-state index in [-0.39, 0.29) is 19.8 Å². The molecular weight excluding hydrogens is 380 g/mol. The first-order valence-electron chi connectivity index (χ1n) is 8.27. The zero-order chi connectivity index (χ0) is 19.8. The Bertz CT molecular complexity index is 978. The summed E-state index contributed by atoms with van der Waals surface area (Å²) in [5, 5.41) is 9.49. The zero-order valence-corrected chi connectivity index (χ0v) is 15.5. The summed E-state index contributed by atoms with van der Waals surface area (Å²) in [4.78, 5) is 27.8. The topological polar surface area (TPSA) is 113 Å². The molecule has 2 N–H and O–H groups in total. The Balaban J connectivity index is 1.33. The molecule has 1 heterocycles. The second-order valence-corrected chi connectivity index (χ2v) is 6.70. The Morgan fingerprint density at radius 3 is 2.46 bits per heavy atom. The van der Waals surface area contributed by atoms with Crippen molar-refractivity contribution in [3.8, 4) is 11.8 Å². The van der Waals surface area contributed by atoms with Crippen LogP contribution < -0.4 is 15.6 Å². The smallest absolute Gasteiger partial charge is 0.276 e. The van der Waals surface area contributed by atoms with Gasteiger partial charge in [-0.1, -0.05) is 12.1 Å². The van der Waals surface area contributed by atoms with Crippen LogP contribution in [0, 0.1) is 11.3 Å². The maximum Gasteiger partial charge on any atom is 0.276 e. The number of hydrazine groups is 1. The number of rotatable bonds is 7. The summed E-state index contributed by atoms with van der Waals surface area (Å²) in [5.74, 6) is -0.573. The number of hydrogen-bond donors (Lipinski definition) is 2. The maximum atomic E-state index is 11.7. The van der Waals surface area contributed by atoms with Gasteiger partial charge >= 0.3 is 0 Å². The van der Waals surface area contributed by atoms with Gasteiger partial charge in [-0.05, 0) is 36.4 Å². The van der Waals surface area contributed by atoms with Crippen LogP contribution in [0.4, 0.5) is 0 Å². The van der Waals surface area contributed by atoms with Gasteiger partial charge in [-0.15, -0.1) is 11.3 Å². The number of nitriles is 1. The summed E-state index contributed by atoms with van der Waals surface area (Å²) >= 11 is 1.50. The Morgan fingerprint density at radius 2 is 1.75 bits per heavy atom. The molecule has 0 spiro atoms. The van der Waals surface area contributed by atoms with Crippen molar-refractivity contribution in [2.75, 3.05) is 13.2 Å². The van der Waals surface area contributed by atoms with Crippen LogP contribution in [0.2, 0.25) is 0 Å². The highest BCUT2D eigenvalue weighted by atomic mass is 32.1. The molecule has 0 atom stereocenters. The van der Waals surface area contributed by atoms with Crippen LogP contribution in [0.1, 0.15) is 10.6 Å². The summed E-state index contributed by atoms with van der Waals surface area (Å²) in [7, 11) is 0. The quantitative estimate of drug-likeness (QED) is 0.590. The first-order valence-corrected chi connectivity index (χ1v) is 9.08. The van der Waals surface area contributed by atoms with Crippen molar-refractivity contribution >= 4 is 33.4 Å². The lowest BCUT2D eigenvalue weighted by molar-refractivity contribution is -0.132. The Kier molecular flexibility index (Phi) is 6.51. The van der Waals surface area contributed by atoms with Crippen LogP contribution >= 0.6 is 11.3 Å². The van der Waals surface area contributed by atoms with Crippen molar-refractivity contribution in [3.63, 3.8) is 0 Å². The Hall–Kier alpha value is -3.48. The average molecular weight is 396 g/mol. The fraction of sp³-hybridized carbons (Fsp3) is 0.158. The fourth-order valence-corrected chi connectivity index (χ4v) is 3.10. The molecule has 2 aromatic carbocycles. The molecule has 0 saturated carbocycles. The highest BCUT2D eigenvalue weighted by molar-refractivity contribution is 7.18. The molecule has 8 nitrogen and oxygen atoms in total. The summed E-state index contributed by atoms with van der Waals surface area (Å²) in [6, 6.07) is 16.1. The number of hydrogen-bond acceptors (Lipinski definition) is 7. The van der Waals surface area contributed by atoms with E-state index in [2.05, 4.69) is 15.8 Å². The first-order chi connectivity index (χ1) is 13.6. The Morgan fingerprint density at radius 1 is 1.04 bits per heavy atom. The van der Waals surface area contributed by atoms with E-state index in [1.54, 1.807) is 24.3 Å². The number of para-hydroxylation sites is 1. The van der Waals surface area contributed by atoms with Crippen LogP contribution in [0.25, 0.3) is 10.2 Å². The van der Waals surface area contributed by atoms with E-state index in [1.807, 2.05) is 30.3 Å². The molecule has 0 aliphatic rings. The number of benzene rings is 2. The molecule has 0 radical (unpaired) electrons. The van der Waals surface area contributed by atoms with E-state index in [0.717, 1.165) is 15.2 Å². The molecule has 0 saturated heterocycles. The molecule has 0 fully saturated rings. The molecule has 0 bridgehead atoms. The van der Waals surface area contributed by atoms with Crippen molar-refractivity contribution in [2.45, 2.75) is 6.61 Å². The van der Waals surface area contributed by atoms with Crippen LogP contribution in [0.5, 0.6) is 5.75 Å². The number of nitrogens with one attached hydrogen (secondary N) is 2. The molecular formula is C19H16N4O4S. The monoisotopic (exact) mass is 396 g/mol. The molecule has 28 heavy (non-hydrogen) atoms. The third-order valence-corrected chi connectivity index (χ3v) is 4.50. The van der Waals surface area contributed by atoms with Crippen molar-refractivity contribution in [1.29, 1.82) is 5.26 Å². The molecule has 3 aromatic rings. The summed E-state index contributed by atoms with van der Waals surface area (Å²) < 4.78 is 11.6. The second-order valence-electron chi connectivity index (χ2n) is 5.59. The van der Waals surface area contributed by atoms with E-state index < -0.39 is 11.8 Å². The summed E-state index contributed by atoms with van der Waals surface area (Å²) in [6.45, 7) is -0.284. The molecule has 0 aliphatic heterocycles. The number of fused-ring (bicyclic) bond motifs is 1. The number of carbonyl (C=O) groups excluding carboxylic acids is 2. The van der Waals surface area contributed by atoms with E-state index in [0.29, 0.717) is 11.3 Å². The third-order valence-electron chi connectivity index (χ3n) is 3.49. The number of aromatic nitrogens is 1. The number of carbonyl (C=O) groups is 2. The van der Waals surface area contributed by atoms with Gasteiger partial charge in [0, 0.05) is 0 Å². The highest BCUT2D eigenvalue weighted by Crippen LogP contribution is 2.21. The fourth-order valence-electron chi connectivity index (χ4n) is 2.20. The van der Waals surface area contributed by atoms with Gasteiger partial charge in [-0.2, -0.15) is 5.26 Å². The SMILES string of the molecule is N#Cc1ccc(OCC(=O)NNC(=O)COCc2nc3ccccc3s2)cc1. The van der Waals surface area contributed by atoms with Gasteiger partial charge in [-0.3, -0.25) is 20.4 Å².